The summed E-state index contributed by atoms with van der Waals surface area (Å²) in [7, 11) is 1.90. The number of halogens is 1. The van der Waals surface area contributed by atoms with E-state index in [-0.39, 0.29) is 11.9 Å². The molecule has 0 radical (unpaired) electrons. The van der Waals surface area contributed by atoms with Crippen molar-refractivity contribution in [2.24, 2.45) is 0 Å². The molecule has 1 amide bonds. The fourth-order valence-electron chi connectivity index (χ4n) is 2.41. The first kappa shape index (κ1) is 16.4. The number of hydrogen-bond donors (Lipinski definition) is 0. The van der Waals surface area contributed by atoms with Crippen molar-refractivity contribution in [1.82, 2.24) is 4.90 Å². The molecule has 2 rings (SSSR count). The van der Waals surface area contributed by atoms with Crippen LogP contribution in [-0.4, -0.2) is 35.9 Å². The predicted molar refractivity (Wildman–Crippen MR) is 96.2 cm³/mol. The van der Waals surface area contributed by atoms with E-state index in [4.69, 9.17) is 0 Å². The molecule has 2 aromatic rings. The Morgan fingerprint density at radius 1 is 1.24 bits per heavy atom. The molecule has 0 aliphatic heterocycles. The first-order chi connectivity index (χ1) is 10.1. The van der Waals surface area contributed by atoms with Crippen LogP contribution in [0.25, 0.3) is 10.8 Å². The lowest BCUT2D eigenvalue weighted by Gasteiger charge is -2.27. The highest BCUT2D eigenvalue weighted by Gasteiger charge is 2.19. The number of carbonyl (C=O) groups excluding carboxylic acids is 1. The summed E-state index contributed by atoms with van der Waals surface area (Å²) in [6.45, 7) is 2.13. The highest BCUT2D eigenvalue weighted by molar-refractivity contribution is 9.10. The Labute approximate surface area is 139 Å². The lowest BCUT2D eigenvalue weighted by atomic mass is 10.1. The summed E-state index contributed by atoms with van der Waals surface area (Å²) in [5.41, 5.74) is 0.756. The second kappa shape index (κ2) is 7.32. The normalized spacial score (nSPS) is 12.4. The number of fused-ring (bicyclic) bond motifs is 1. The Hall–Kier alpha value is -1.00. The van der Waals surface area contributed by atoms with E-state index < -0.39 is 0 Å². The molecule has 1 unspecified atom stereocenters. The van der Waals surface area contributed by atoms with E-state index in [1.807, 2.05) is 42.3 Å². The average molecular weight is 366 g/mol. The lowest BCUT2D eigenvalue weighted by Crippen LogP contribution is -2.38. The van der Waals surface area contributed by atoms with Crippen molar-refractivity contribution >= 4 is 44.4 Å². The molecule has 1 atom stereocenters. The van der Waals surface area contributed by atoms with Crippen LogP contribution in [0.3, 0.4) is 0 Å². The van der Waals surface area contributed by atoms with Crippen LogP contribution in [0.1, 0.15) is 23.7 Å². The van der Waals surface area contributed by atoms with Gasteiger partial charge in [0.15, 0.2) is 0 Å². The largest absolute Gasteiger partial charge is 0.338 e. The molecule has 0 N–H and O–H groups in total. The van der Waals surface area contributed by atoms with Gasteiger partial charge < -0.3 is 4.90 Å². The van der Waals surface area contributed by atoms with Gasteiger partial charge in [-0.25, -0.2) is 0 Å². The van der Waals surface area contributed by atoms with E-state index in [9.17, 15) is 4.79 Å². The predicted octanol–water partition coefficient (Wildman–Crippen LogP) is 4.82. The van der Waals surface area contributed by atoms with Crippen LogP contribution in [-0.2, 0) is 0 Å². The highest BCUT2D eigenvalue weighted by Crippen LogP contribution is 2.22. The molecule has 0 saturated heterocycles. The fraction of sp³-hybridized carbons (Fsp3) is 0.353. The molecule has 0 heterocycles. The molecule has 2 nitrogen and oxygen atoms in total. The van der Waals surface area contributed by atoms with Gasteiger partial charge in [-0.05, 0) is 47.7 Å². The van der Waals surface area contributed by atoms with E-state index in [1.165, 1.54) is 0 Å². The molecule has 0 saturated carbocycles. The Bertz CT molecular complexity index is 644. The van der Waals surface area contributed by atoms with Gasteiger partial charge in [0.1, 0.15) is 0 Å². The van der Waals surface area contributed by atoms with Gasteiger partial charge in [-0.2, -0.15) is 11.8 Å². The fourth-order valence-corrected chi connectivity index (χ4v) is 3.64. The molecule has 0 spiro atoms. The van der Waals surface area contributed by atoms with E-state index >= 15 is 0 Å². The Balaban J connectivity index is 2.28. The van der Waals surface area contributed by atoms with Crippen molar-refractivity contribution in [2.75, 3.05) is 19.1 Å². The maximum Gasteiger partial charge on any atom is 0.253 e. The molecular weight excluding hydrogens is 346 g/mol. The second-order valence-electron chi connectivity index (χ2n) is 5.14. The summed E-state index contributed by atoms with van der Waals surface area (Å²) in [5, 5.41) is 2.23. The van der Waals surface area contributed by atoms with Crippen LogP contribution in [0.5, 0.6) is 0 Å². The zero-order valence-electron chi connectivity index (χ0n) is 12.6. The molecule has 0 aliphatic carbocycles. The lowest BCUT2D eigenvalue weighted by molar-refractivity contribution is 0.0744. The van der Waals surface area contributed by atoms with Crippen molar-refractivity contribution in [3.05, 3.63) is 46.4 Å². The monoisotopic (exact) mass is 365 g/mol. The van der Waals surface area contributed by atoms with Crippen molar-refractivity contribution in [3.63, 3.8) is 0 Å². The molecule has 0 aromatic heterocycles. The van der Waals surface area contributed by atoms with Crippen molar-refractivity contribution in [3.8, 4) is 0 Å². The average Bonchev–Trinajstić information content (AvgIpc) is 2.50. The topological polar surface area (TPSA) is 20.3 Å². The zero-order chi connectivity index (χ0) is 15.4. The van der Waals surface area contributed by atoms with Crippen molar-refractivity contribution < 1.29 is 4.79 Å². The summed E-state index contributed by atoms with van der Waals surface area (Å²) in [5.74, 6) is 1.07. The third-order valence-electron chi connectivity index (χ3n) is 3.75. The van der Waals surface area contributed by atoms with Gasteiger partial charge in [0.05, 0.1) is 0 Å². The third-order valence-corrected chi connectivity index (χ3v) is 4.96. The Morgan fingerprint density at radius 3 is 2.57 bits per heavy atom. The molecule has 0 bridgehead atoms. The Kier molecular flexibility index (Phi) is 5.71. The van der Waals surface area contributed by atoms with E-state index in [0.29, 0.717) is 0 Å². The standard InChI is InChI=1S/C17H20BrNOS/c1-4-16(11-21-3)19(2)17(20)14-6-5-13-10-15(18)8-7-12(13)9-14/h5-10,16H,4,11H2,1-3H3. The number of hydrogen-bond acceptors (Lipinski definition) is 2. The maximum atomic E-state index is 12.6. The van der Waals surface area contributed by atoms with Crippen LogP contribution in [0.2, 0.25) is 0 Å². The molecule has 0 fully saturated rings. The molecule has 4 heteroatoms. The number of carbonyl (C=O) groups is 1. The van der Waals surface area contributed by atoms with Gasteiger partial charge in [0, 0.05) is 28.9 Å². The Morgan fingerprint density at radius 2 is 1.90 bits per heavy atom. The van der Waals surface area contributed by atoms with E-state index in [2.05, 4.69) is 35.2 Å². The van der Waals surface area contributed by atoms with Crippen molar-refractivity contribution in [2.45, 2.75) is 19.4 Å². The first-order valence-corrected chi connectivity index (χ1v) is 9.21. The van der Waals surface area contributed by atoms with E-state index in [0.717, 1.165) is 33.0 Å². The van der Waals surface area contributed by atoms with Gasteiger partial charge >= 0.3 is 0 Å². The molecule has 2 aromatic carbocycles. The SMILES string of the molecule is CCC(CSC)N(C)C(=O)c1ccc2cc(Br)ccc2c1. The smallest absolute Gasteiger partial charge is 0.253 e. The van der Waals surface area contributed by atoms with Crippen LogP contribution < -0.4 is 0 Å². The van der Waals surface area contributed by atoms with Crippen LogP contribution in [0, 0.1) is 0 Å². The molecule has 112 valence electrons. The van der Waals surface area contributed by atoms with Gasteiger partial charge in [0.2, 0.25) is 0 Å². The van der Waals surface area contributed by atoms with Crippen LogP contribution in [0.15, 0.2) is 40.9 Å². The number of benzene rings is 2. The third kappa shape index (κ3) is 3.80. The quantitative estimate of drug-likeness (QED) is 0.757. The second-order valence-corrected chi connectivity index (χ2v) is 6.97. The molecule has 21 heavy (non-hydrogen) atoms. The molecular formula is C17H20BrNOS. The summed E-state index contributed by atoms with van der Waals surface area (Å²) >= 11 is 5.25. The van der Waals surface area contributed by atoms with Gasteiger partial charge in [-0.15, -0.1) is 0 Å². The zero-order valence-corrected chi connectivity index (χ0v) is 15.0. The number of amides is 1. The van der Waals surface area contributed by atoms with E-state index in [1.54, 1.807) is 11.8 Å². The van der Waals surface area contributed by atoms with Crippen molar-refractivity contribution in [1.29, 1.82) is 0 Å². The summed E-state index contributed by atoms with van der Waals surface area (Å²) in [4.78, 5) is 14.5. The highest BCUT2D eigenvalue weighted by atomic mass is 79.9. The minimum Gasteiger partial charge on any atom is -0.338 e. The minimum atomic E-state index is 0.0979. The maximum absolute atomic E-state index is 12.6. The summed E-state index contributed by atoms with van der Waals surface area (Å²) < 4.78 is 1.05. The first-order valence-electron chi connectivity index (χ1n) is 7.02. The number of rotatable bonds is 5. The number of nitrogens with zero attached hydrogens (tertiary/aromatic N) is 1. The van der Waals surface area contributed by atoms with Crippen LogP contribution >= 0.6 is 27.7 Å². The van der Waals surface area contributed by atoms with Gasteiger partial charge in [0.25, 0.3) is 5.91 Å². The summed E-state index contributed by atoms with van der Waals surface area (Å²) in [6.07, 6.45) is 3.05. The van der Waals surface area contributed by atoms with Gasteiger partial charge in [-0.1, -0.05) is 35.0 Å². The molecule has 0 aliphatic rings. The number of thioether (sulfide) groups is 1. The summed E-state index contributed by atoms with van der Waals surface area (Å²) in [6, 6.07) is 12.3. The van der Waals surface area contributed by atoms with Gasteiger partial charge in [-0.3, -0.25) is 4.79 Å². The van der Waals surface area contributed by atoms with Crippen LogP contribution in [0.4, 0.5) is 0 Å². The minimum absolute atomic E-state index is 0.0979.